The van der Waals surface area contributed by atoms with E-state index in [1.165, 1.54) is 13.2 Å². The number of nitrogens with zero attached hydrogens (tertiary/aromatic N) is 1. The highest BCUT2D eigenvalue weighted by Gasteiger charge is 2.17. The summed E-state index contributed by atoms with van der Waals surface area (Å²) in [5.74, 6) is -0.551. The molecule has 7 heteroatoms. The van der Waals surface area contributed by atoms with E-state index in [4.69, 9.17) is 11.6 Å². The van der Waals surface area contributed by atoms with Crippen LogP contribution in [0.2, 0.25) is 5.15 Å². The van der Waals surface area contributed by atoms with Crippen LogP contribution in [0.5, 0.6) is 0 Å². The molecule has 0 aliphatic heterocycles. The van der Waals surface area contributed by atoms with Crippen molar-refractivity contribution in [2.75, 3.05) is 7.11 Å². The molecule has 0 spiro atoms. The fraction of sp³-hybridized carbons (Fsp3) is 0.333. The van der Waals surface area contributed by atoms with Crippen LogP contribution in [0.4, 0.5) is 8.78 Å². The van der Waals surface area contributed by atoms with E-state index >= 15 is 0 Å². The largest absolute Gasteiger partial charge is 0.469 e. The van der Waals surface area contributed by atoms with Gasteiger partial charge in [-0.1, -0.05) is 11.6 Å². The number of rotatable bonds is 3. The van der Waals surface area contributed by atoms with Gasteiger partial charge in [0.05, 0.1) is 19.1 Å². The first-order valence-corrected chi connectivity index (χ1v) is 5.61. The van der Waals surface area contributed by atoms with Crippen molar-refractivity contribution in [3.63, 3.8) is 0 Å². The van der Waals surface area contributed by atoms with Crippen molar-refractivity contribution in [1.82, 2.24) is 4.98 Å². The average Bonchev–Trinajstić information content (AvgIpc) is 2.21. The molecule has 1 aromatic heterocycles. The van der Waals surface area contributed by atoms with E-state index in [-0.39, 0.29) is 26.4 Å². The highest BCUT2D eigenvalue weighted by atomic mass is 127. The van der Waals surface area contributed by atoms with Gasteiger partial charge in [-0.05, 0) is 28.7 Å². The highest BCUT2D eigenvalue weighted by molar-refractivity contribution is 14.1. The summed E-state index contributed by atoms with van der Waals surface area (Å²) in [6.45, 7) is 0. The van der Waals surface area contributed by atoms with Crippen LogP contribution in [0.1, 0.15) is 17.6 Å². The SMILES string of the molecule is COC(=O)Cc1cc(C(F)F)c(I)nc1Cl. The van der Waals surface area contributed by atoms with Gasteiger partial charge in [0, 0.05) is 5.56 Å². The molecular formula is C9H7ClF2INO2. The summed E-state index contributed by atoms with van der Waals surface area (Å²) in [5, 5.41) is 0.0409. The van der Waals surface area contributed by atoms with Crippen molar-refractivity contribution >= 4 is 40.2 Å². The Labute approximate surface area is 109 Å². The molecule has 1 rings (SSSR count). The summed E-state index contributed by atoms with van der Waals surface area (Å²) in [7, 11) is 1.21. The van der Waals surface area contributed by atoms with Crippen LogP contribution in [0.15, 0.2) is 6.07 Å². The van der Waals surface area contributed by atoms with Crippen molar-refractivity contribution < 1.29 is 18.3 Å². The van der Waals surface area contributed by atoms with E-state index in [9.17, 15) is 13.6 Å². The lowest BCUT2D eigenvalue weighted by atomic mass is 10.1. The number of carbonyl (C=O) groups excluding carboxylic acids is 1. The Balaban J connectivity index is 3.09. The molecule has 0 radical (unpaired) electrons. The standard InChI is InChI=1S/C9H7ClF2INO2/c1-16-6(15)3-4-2-5(8(11)12)9(13)14-7(4)10/h2,8H,3H2,1H3. The molecule has 0 bridgehead atoms. The molecule has 88 valence electrons. The van der Waals surface area contributed by atoms with Gasteiger partial charge in [0.1, 0.15) is 8.85 Å². The number of alkyl halides is 2. The molecule has 0 saturated heterocycles. The van der Waals surface area contributed by atoms with Gasteiger partial charge in [-0.25, -0.2) is 13.8 Å². The first-order valence-electron chi connectivity index (χ1n) is 4.15. The lowest BCUT2D eigenvalue weighted by Crippen LogP contribution is -2.07. The number of methoxy groups -OCH3 is 1. The monoisotopic (exact) mass is 361 g/mol. The van der Waals surface area contributed by atoms with Crippen molar-refractivity contribution in [3.05, 3.63) is 26.0 Å². The summed E-state index contributed by atoms with van der Waals surface area (Å²) in [5.41, 5.74) is 0.00753. The fourth-order valence-electron chi connectivity index (χ4n) is 1.03. The van der Waals surface area contributed by atoms with Crippen LogP contribution in [-0.4, -0.2) is 18.1 Å². The van der Waals surface area contributed by atoms with Crippen molar-refractivity contribution in [2.45, 2.75) is 12.8 Å². The lowest BCUT2D eigenvalue weighted by molar-refractivity contribution is -0.139. The molecule has 16 heavy (non-hydrogen) atoms. The van der Waals surface area contributed by atoms with Crippen LogP contribution >= 0.6 is 34.2 Å². The van der Waals surface area contributed by atoms with Crippen molar-refractivity contribution in [1.29, 1.82) is 0 Å². The van der Waals surface area contributed by atoms with Crippen LogP contribution in [0, 0.1) is 3.70 Å². The normalized spacial score (nSPS) is 10.6. The molecule has 0 aliphatic carbocycles. The van der Waals surface area contributed by atoms with E-state index in [2.05, 4.69) is 9.72 Å². The van der Waals surface area contributed by atoms with Crippen molar-refractivity contribution in [2.24, 2.45) is 0 Å². The molecule has 0 N–H and O–H groups in total. The maximum absolute atomic E-state index is 12.6. The van der Waals surface area contributed by atoms with E-state index < -0.39 is 12.4 Å². The number of aromatic nitrogens is 1. The van der Waals surface area contributed by atoms with E-state index in [0.717, 1.165) is 0 Å². The first-order chi connectivity index (χ1) is 7.45. The molecule has 0 atom stereocenters. The zero-order chi connectivity index (χ0) is 12.3. The van der Waals surface area contributed by atoms with Gasteiger partial charge < -0.3 is 4.74 Å². The Morgan fingerprint density at radius 2 is 2.31 bits per heavy atom. The topological polar surface area (TPSA) is 39.2 Å². The smallest absolute Gasteiger partial charge is 0.310 e. The second-order valence-corrected chi connectivity index (χ2v) is 4.25. The predicted molar refractivity (Wildman–Crippen MR) is 62.6 cm³/mol. The maximum Gasteiger partial charge on any atom is 0.310 e. The highest BCUT2D eigenvalue weighted by Crippen LogP contribution is 2.27. The summed E-state index contributed by atoms with van der Waals surface area (Å²) < 4.78 is 29.7. The van der Waals surface area contributed by atoms with Gasteiger partial charge in [0.15, 0.2) is 0 Å². The summed E-state index contributed by atoms with van der Waals surface area (Å²) in [6, 6.07) is 1.18. The quantitative estimate of drug-likeness (QED) is 0.472. The number of hydrogen-bond acceptors (Lipinski definition) is 3. The molecule has 0 aliphatic rings. The molecule has 0 fully saturated rings. The number of hydrogen-bond donors (Lipinski definition) is 0. The molecule has 1 aromatic rings. The zero-order valence-corrected chi connectivity index (χ0v) is 11.1. The fourth-order valence-corrected chi connectivity index (χ4v) is 2.01. The van der Waals surface area contributed by atoms with Crippen LogP contribution in [-0.2, 0) is 16.0 Å². The third-order valence-electron chi connectivity index (χ3n) is 1.83. The van der Waals surface area contributed by atoms with E-state index in [0.29, 0.717) is 0 Å². The van der Waals surface area contributed by atoms with E-state index in [1.54, 1.807) is 22.6 Å². The third kappa shape index (κ3) is 3.24. The Morgan fingerprint density at radius 1 is 1.69 bits per heavy atom. The van der Waals surface area contributed by atoms with Crippen LogP contribution in [0.25, 0.3) is 0 Å². The minimum Gasteiger partial charge on any atom is -0.469 e. The van der Waals surface area contributed by atoms with Crippen LogP contribution in [0.3, 0.4) is 0 Å². The second kappa shape index (κ2) is 5.72. The van der Waals surface area contributed by atoms with Gasteiger partial charge in [-0.3, -0.25) is 4.79 Å². The predicted octanol–water partition coefficient (Wildman–Crippen LogP) is 2.99. The summed E-state index contributed by atoms with van der Waals surface area (Å²) in [6.07, 6.45) is -2.81. The second-order valence-electron chi connectivity index (χ2n) is 2.87. The van der Waals surface area contributed by atoms with Crippen LogP contribution < -0.4 is 0 Å². The number of esters is 1. The molecule has 0 amide bonds. The number of ether oxygens (including phenoxy) is 1. The van der Waals surface area contributed by atoms with Gasteiger partial charge in [-0.15, -0.1) is 0 Å². The van der Waals surface area contributed by atoms with Gasteiger partial charge in [0.25, 0.3) is 6.43 Å². The van der Waals surface area contributed by atoms with Gasteiger partial charge in [0.2, 0.25) is 0 Å². The van der Waals surface area contributed by atoms with Gasteiger partial charge in [-0.2, -0.15) is 0 Å². The number of carbonyl (C=O) groups is 1. The number of pyridine rings is 1. The lowest BCUT2D eigenvalue weighted by Gasteiger charge is -2.07. The number of halogens is 4. The molecule has 1 heterocycles. The Hall–Kier alpha value is -0.500. The van der Waals surface area contributed by atoms with E-state index in [1.807, 2.05) is 0 Å². The molecule has 0 unspecified atom stereocenters. The summed E-state index contributed by atoms with van der Waals surface area (Å²) in [4.78, 5) is 14.7. The molecule has 3 nitrogen and oxygen atoms in total. The van der Waals surface area contributed by atoms with Crippen molar-refractivity contribution in [3.8, 4) is 0 Å². The first kappa shape index (κ1) is 13.6. The zero-order valence-electron chi connectivity index (χ0n) is 8.14. The molecular weight excluding hydrogens is 354 g/mol. The maximum atomic E-state index is 12.6. The summed E-state index contributed by atoms with van der Waals surface area (Å²) >= 11 is 7.41. The molecule has 0 aromatic carbocycles. The minimum atomic E-state index is -2.65. The molecule has 0 saturated carbocycles. The Bertz CT molecular complexity index is 415. The minimum absolute atomic E-state index is 0.0409. The third-order valence-corrected chi connectivity index (χ3v) is 3.02. The van der Waals surface area contributed by atoms with Gasteiger partial charge >= 0.3 is 5.97 Å². The average molecular weight is 362 g/mol. The Morgan fingerprint density at radius 3 is 2.81 bits per heavy atom. The Kier molecular flexibility index (Phi) is 4.85.